The molecule has 165 valence electrons. The normalized spacial score (nSPS) is 15.6. The van der Waals surface area contributed by atoms with Gasteiger partial charge in [-0.1, -0.05) is 49.7 Å². The second-order valence-electron chi connectivity index (χ2n) is 8.03. The van der Waals surface area contributed by atoms with Crippen molar-refractivity contribution in [1.82, 2.24) is 0 Å². The Hall–Kier alpha value is -2.49. The molecule has 3 aromatic carbocycles. The number of epoxide rings is 1. The highest BCUT2D eigenvalue weighted by Crippen LogP contribution is 2.21. The molecular formula is C26H29BO4P. The quantitative estimate of drug-likeness (QED) is 0.227. The van der Waals surface area contributed by atoms with Gasteiger partial charge in [-0.15, -0.1) is 9.24 Å². The van der Waals surface area contributed by atoms with Crippen molar-refractivity contribution in [2.45, 2.75) is 31.7 Å². The van der Waals surface area contributed by atoms with Crippen LogP contribution in [0.5, 0.6) is 17.2 Å². The van der Waals surface area contributed by atoms with Crippen LogP contribution in [0, 0.1) is 0 Å². The fraction of sp³-hybridized carbons (Fsp3) is 0.308. The first-order chi connectivity index (χ1) is 15.7. The van der Waals surface area contributed by atoms with Crippen LogP contribution < -0.4 is 19.4 Å². The van der Waals surface area contributed by atoms with E-state index in [2.05, 4.69) is 40.4 Å². The lowest BCUT2D eigenvalue weighted by molar-refractivity contribution is 0.263. The number of ether oxygens (including phenoxy) is 3. The van der Waals surface area contributed by atoms with Crippen LogP contribution >= 0.6 is 9.24 Å². The Bertz CT molecular complexity index is 957. The average Bonchev–Trinajstić information content (AvgIpc) is 3.65. The van der Waals surface area contributed by atoms with Crippen LogP contribution in [0.3, 0.4) is 0 Å². The molecular weight excluding hydrogens is 418 g/mol. The van der Waals surface area contributed by atoms with Gasteiger partial charge in [0.1, 0.15) is 24.2 Å². The van der Waals surface area contributed by atoms with Crippen molar-refractivity contribution in [3.8, 4) is 17.2 Å². The Morgan fingerprint density at radius 1 is 0.875 bits per heavy atom. The second kappa shape index (κ2) is 11.4. The molecule has 4 rings (SSSR count). The van der Waals surface area contributed by atoms with E-state index < -0.39 is 0 Å². The molecule has 0 aliphatic carbocycles. The van der Waals surface area contributed by atoms with E-state index in [0.717, 1.165) is 42.0 Å². The van der Waals surface area contributed by atoms with E-state index in [9.17, 15) is 0 Å². The van der Waals surface area contributed by atoms with Gasteiger partial charge in [-0.25, -0.2) is 0 Å². The molecule has 3 aromatic rings. The highest BCUT2D eigenvalue weighted by molar-refractivity contribution is 7.27. The van der Waals surface area contributed by atoms with Crippen LogP contribution in [0.1, 0.15) is 24.5 Å². The van der Waals surface area contributed by atoms with Crippen molar-refractivity contribution in [3.63, 3.8) is 0 Å². The summed E-state index contributed by atoms with van der Waals surface area (Å²) in [4.78, 5) is 0. The second-order valence-corrected chi connectivity index (χ2v) is 8.70. The minimum atomic E-state index is 0.220. The summed E-state index contributed by atoms with van der Waals surface area (Å²) < 4.78 is 22.7. The molecule has 1 aliphatic rings. The summed E-state index contributed by atoms with van der Waals surface area (Å²) in [6.45, 7) is 4.18. The Labute approximate surface area is 193 Å². The summed E-state index contributed by atoms with van der Waals surface area (Å²) in [5, 5.41) is 1.15. The van der Waals surface area contributed by atoms with Gasteiger partial charge in [0.25, 0.3) is 0 Å². The first kappa shape index (κ1) is 22.7. The van der Waals surface area contributed by atoms with Gasteiger partial charge in [-0.05, 0) is 59.3 Å². The van der Waals surface area contributed by atoms with Crippen LogP contribution in [0.25, 0.3) is 0 Å². The van der Waals surface area contributed by atoms with Gasteiger partial charge in [0.05, 0.1) is 19.0 Å². The SMILES string of the molecule is CCC([B]Oc1ccc(Cc2ccc(OCC3CO3)cc2)cc1)COc1ccc(P)cc1. The van der Waals surface area contributed by atoms with E-state index in [1.165, 1.54) is 11.1 Å². The van der Waals surface area contributed by atoms with Crippen LogP contribution in [0.4, 0.5) is 0 Å². The van der Waals surface area contributed by atoms with Crippen molar-refractivity contribution in [2.75, 3.05) is 19.8 Å². The highest BCUT2D eigenvalue weighted by Gasteiger charge is 2.22. The molecule has 0 spiro atoms. The van der Waals surface area contributed by atoms with Gasteiger partial charge in [0, 0.05) is 5.82 Å². The fourth-order valence-electron chi connectivity index (χ4n) is 3.17. The first-order valence-corrected chi connectivity index (χ1v) is 11.7. The zero-order valence-electron chi connectivity index (χ0n) is 18.4. The maximum absolute atomic E-state index is 5.90. The fourth-order valence-corrected chi connectivity index (χ4v) is 3.37. The maximum Gasteiger partial charge on any atom is 0.376 e. The summed E-state index contributed by atoms with van der Waals surface area (Å²) in [5.41, 5.74) is 2.49. The Kier molecular flexibility index (Phi) is 8.09. The highest BCUT2D eigenvalue weighted by atomic mass is 31.0. The standard InChI is InChI=1S/C26H29BO4P/c1-2-21(16-28-23-11-13-26(32)14-12-23)27-31-24-9-5-20(6-10-24)15-19-3-7-22(8-4-19)29-17-25-18-30-25/h3-14,21,25H,2,15-18,32H2,1H3. The Balaban J connectivity index is 1.21. The van der Waals surface area contributed by atoms with Gasteiger partial charge in [-0.2, -0.15) is 0 Å². The Morgan fingerprint density at radius 2 is 1.44 bits per heavy atom. The van der Waals surface area contributed by atoms with Gasteiger partial charge >= 0.3 is 7.48 Å². The van der Waals surface area contributed by atoms with Crippen LogP contribution in [0.15, 0.2) is 72.8 Å². The molecule has 0 bridgehead atoms. The lowest BCUT2D eigenvalue weighted by Gasteiger charge is -2.15. The molecule has 3 atom stereocenters. The molecule has 1 heterocycles. The first-order valence-electron chi connectivity index (χ1n) is 11.1. The third-order valence-electron chi connectivity index (χ3n) is 5.36. The number of rotatable bonds is 12. The molecule has 6 heteroatoms. The summed E-state index contributed by atoms with van der Waals surface area (Å²) in [5.74, 6) is 2.83. The molecule has 1 aliphatic heterocycles. The van der Waals surface area contributed by atoms with Gasteiger partial charge in [-0.3, -0.25) is 0 Å². The van der Waals surface area contributed by atoms with E-state index >= 15 is 0 Å². The molecule has 4 nitrogen and oxygen atoms in total. The third kappa shape index (κ3) is 7.29. The predicted octanol–water partition coefficient (Wildman–Crippen LogP) is 4.83. The number of hydrogen-bond donors (Lipinski definition) is 0. The summed E-state index contributed by atoms with van der Waals surface area (Å²) in [6.07, 6.45) is 2.10. The number of hydrogen-bond acceptors (Lipinski definition) is 4. The molecule has 1 radical (unpaired) electrons. The summed E-state index contributed by atoms with van der Waals surface area (Å²) in [7, 11) is 4.56. The van der Waals surface area contributed by atoms with E-state index in [1.54, 1.807) is 0 Å². The minimum absolute atomic E-state index is 0.220. The van der Waals surface area contributed by atoms with Gasteiger partial charge < -0.3 is 18.9 Å². The zero-order chi connectivity index (χ0) is 22.2. The molecule has 3 unspecified atom stereocenters. The predicted molar refractivity (Wildman–Crippen MR) is 133 cm³/mol. The molecule has 0 saturated carbocycles. The van der Waals surface area contributed by atoms with Crippen molar-refractivity contribution in [2.24, 2.45) is 0 Å². The lowest BCUT2D eigenvalue weighted by Crippen LogP contribution is -2.17. The van der Waals surface area contributed by atoms with Crippen LogP contribution in [-0.4, -0.2) is 33.4 Å². The van der Waals surface area contributed by atoms with Crippen molar-refractivity contribution in [3.05, 3.63) is 83.9 Å². The molecule has 0 amide bonds. The van der Waals surface area contributed by atoms with Crippen molar-refractivity contribution >= 4 is 22.0 Å². The van der Waals surface area contributed by atoms with E-state index in [-0.39, 0.29) is 11.9 Å². The van der Waals surface area contributed by atoms with Crippen molar-refractivity contribution < 1.29 is 18.9 Å². The van der Waals surface area contributed by atoms with Crippen molar-refractivity contribution in [1.29, 1.82) is 0 Å². The average molecular weight is 447 g/mol. The minimum Gasteiger partial charge on any atom is -0.563 e. The smallest absolute Gasteiger partial charge is 0.376 e. The largest absolute Gasteiger partial charge is 0.563 e. The zero-order valence-corrected chi connectivity index (χ0v) is 19.6. The lowest BCUT2D eigenvalue weighted by atomic mass is 9.78. The molecule has 0 aromatic heterocycles. The van der Waals surface area contributed by atoms with Gasteiger partial charge in [0.2, 0.25) is 0 Å². The van der Waals surface area contributed by atoms with Crippen LogP contribution in [-0.2, 0) is 11.2 Å². The Morgan fingerprint density at radius 3 is 2.03 bits per heavy atom. The topological polar surface area (TPSA) is 40.2 Å². The summed E-state index contributed by atoms with van der Waals surface area (Å²) in [6, 6.07) is 24.5. The van der Waals surface area contributed by atoms with Gasteiger partial charge in [0.15, 0.2) is 0 Å². The van der Waals surface area contributed by atoms with E-state index in [0.29, 0.717) is 13.2 Å². The summed E-state index contributed by atoms with van der Waals surface area (Å²) >= 11 is 0. The molecule has 32 heavy (non-hydrogen) atoms. The molecule has 1 saturated heterocycles. The van der Waals surface area contributed by atoms with Crippen LogP contribution in [0.2, 0.25) is 5.82 Å². The van der Waals surface area contributed by atoms with E-state index in [4.69, 9.17) is 18.9 Å². The monoisotopic (exact) mass is 447 g/mol. The van der Waals surface area contributed by atoms with E-state index in [1.807, 2.05) is 56.0 Å². The number of benzene rings is 3. The maximum atomic E-state index is 5.90. The molecule has 0 N–H and O–H groups in total. The molecule has 1 fully saturated rings. The third-order valence-corrected chi connectivity index (χ3v) is 5.74.